The molecule has 54 heavy (non-hydrogen) atoms. The number of hydrogen-bond donors (Lipinski definition) is 0. The van der Waals surface area contributed by atoms with Crippen molar-refractivity contribution in [1.29, 1.82) is 0 Å². The van der Waals surface area contributed by atoms with E-state index >= 15 is 0 Å². The lowest BCUT2D eigenvalue weighted by atomic mass is 10.1. The third kappa shape index (κ3) is 35.0. The highest BCUT2D eigenvalue weighted by atomic mass is 16.6. The molecule has 0 amide bonds. The van der Waals surface area contributed by atoms with Crippen LogP contribution in [0, 0.1) is 0 Å². The topological polar surface area (TPSA) is 102 Å². The number of nitrogens with zero attached hydrogens (tertiary/aromatic N) is 1. The molecule has 0 aliphatic rings. The number of likely N-dealkylation sites (N-methyl/N-ethyl adjacent to an activating group) is 1. The summed E-state index contributed by atoms with van der Waals surface area (Å²) in [6.07, 6.45) is 42.8. The predicted molar refractivity (Wildman–Crippen MR) is 222 cm³/mol. The van der Waals surface area contributed by atoms with Crippen LogP contribution in [0.15, 0.2) is 48.6 Å². The summed E-state index contributed by atoms with van der Waals surface area (Å²) in [4.78, 5) is 36.7. The summed E-state index contributed by atoms with van der Waals surface area (Å²) < 4.78 is 17.1. The number of allylic oxidation sites excluding steroid dienone is 8. The molecule has 2 atom stereocenters. The maximum Gasteiger partial charge on any atom is 0.306 e. The SMILES string of the molecule is CC/C=C/C/C=C/C/C=C/CCCCCCCCCCCCC(=O)OCC(COCCC(C(=O)[O-])[N+](C)(C)C)OC(=O)CCCCCC/C=C/CCCC. The van der Waals surface area contributed by atoms with Crippen LogP contribution in [0.25, 0.3) is 0 Å². The molecule has 0 aromatic heterocycles. The van der Waals surface area contributed by atoms with E-state index in [0.717, 1.165) is 77.0 Å². The zero-order valence-corrected chi connectivity index (χ0v) is 35.4. The monoisotopic (exact) mass is 760 g/mol. The van der Waals surface area contributed by atoms with E-state index in [2.05, 4.69) is 62.5 Å². The second-order valence-electron chi connectivity index (χ2n) is 15.5. The average molecular weight is 760 g/mol. The summed E-state index contributed by atoms with van der Waals surface area (Å²) in [6.45, 7) is 4.48. The van der Waals surface area contributed by atoms with Gasteiger partial charge in [-0.05, 0) is 64.2 Å². The number of esters is 2. The maximum atomic E-state index is 12.6. The van der Waals surface area contributed by atoms with Crippen LogP contribution in [0.3, 0.4) is 0 Å². The first kappa shape index (κ1) is 51.3. The van der Waals surface area contributed by atoms with Gasteiger partial charge in [-0.3, -0.25) is 9.59 Å². The van der Waals surface area contributed by atoms with Gasteiger partial charge in [0.25, 0.3) is 0 Å². The molecule has 0 bridgehead atoms. The molecule has 0 spiro atoms. The van der Waals surface area contributed by atoms with Crippen LogP contribution in [0.5, 0.6) is 0 Å². The van der Waals surface area contributed by atoms with Crippen LogP contribution in [-0.4, -0.2) is 75.5 Å². The normalized spacial score (nSPS) is 13.4. The highest BCUT2D eigenvalue weighted by Gasteiger charge is 2.25. The minimum Gasteiger partial charge on any atom is -0.544 e. The van der Waals surface area contributed by atoms with Crippen LogP contribution in [0.1, 0.15) is 174 Å². The third-order valence-electron chi connectivity index (χ3n) is 9.45. The van der Waals surface area contributed by atoms with E-state index < -0.39 is 18.1 Å². The van der Waals surface area contributed by atoms with E-state index in [9.17, 15) is 19.5 Å². The van der Waals surface area contributed by atoms with Gasteiger partial charge in [0.05, 0.1) is 40.3 Å². The number of quaternary nitrogens is 1. The van der Waals surface area contributed by atoms with Gasteiger partial charge in [-0.15, -0.1) is 0 Å². The molecule has 0 aromatic rings. The number of carboxylic acids is 1. The molecule has 0 radical (unpaired) electrons. The molecule has 0 rings (SSSR count). The Bertz CT molecular complexity index is 1030. The first-order valence-electron chi connectivity index (χ1n) is 21.7. The highest BCUT2D eigenvalue weighted by molar-refractivity contribution is 5.70. The summed E-state index contributed by atoms with van der Waals surface area (Å²) in [7, 11) is 5.39. The van der Waals surface area contributed by atoms with Crippen LogP contribution in [0.2, 0.25) is 0 Å². The van der Waals surface area contributed by atoms with Crippen molar-refractivity contribution in [2.45, 2.75) is 187 Å². The number of aliphatic carboxylic acids is 1. The Morgan fingerprint density at radius 1 is 0.574 bits per heavy atom. The van der Waals surface area contributed by atoms with Crippen molar-refractivity contribution in [3.63, 3.8) is 0 Å². The summed E-state index contributed by atoms with van der Waals surface area (Å²) in [6, 6.07) is -0.727. The van der Waals surface area contributed by atoms with Crippen LogP contribution >= 0.6 is 0 Å². The molecule has 0 aliphatic heterocycles. The van der Waals surface area contributed by atoms with Gasteiger partial charge in [-0.1, -0.05) is 140 Å². The molecule has 8 nitrogen and oxygen atoms in total. The third-order valence-corrected chi connectivity index (χ3v) is 9.45. The molecule has 312 valence electrons. The second-order valence-corrected chi connectivity index (χ2v) is 15.5. The Morgan fingerprint density at radius 3 is 1.56 bits per heavy atom. The van der Waals surface area contributed by atoms with Crippen molar-refractivity contribution < 1.29 is 38.2 Å². The molecule has 0 saturated heterocycles. The van der Waals surface area contributed by atoms with Gasteiger partial charge in [0.15, 0.2) is 6.10 Å². The Hall–Kier alpha value is -2.71. The van der Waals surface area contributed by atoms with Crippen LogP contribution in [-0.2, 0) is 28.6 Å². The van der Waals surface area contributed by atoms with E-state index in [0.29, 0.717) is 12.8 Å². The molecule has 0 heterocycles. The number of ether oxygens (including phenoxy) is 3. The fourth-order valence-corrected chi connectivity index (χ4v) is 6.07. The van der Waals surface area contributed by atoms with Gasteiger partial charge in [-0.25, -0.2) is 0 Å². The largest absolute Gasteiger partial charge is 0.544 e. The predicted octanol–water partition coefficient (Wildman–Crippen LogP) is 10.3. The van der Waals surface area contributed by atoms with Gasteiger partial charge in [0, 0.05) is 19.3 Å². The van der Waals surface area contributed by atoms with Crippen LogP contribution in [0.4, 0.5) is 0 Å². The van der Waals surface area contributed by atoms with Gasteiger partial charge < -0.3 is 28.6 Å². The number of hydrogen-bond acceptors (Lipinski definition) is 7. The molecular weight excluding hydrogens is 679 g/mol. The molecular formula is C46H81NO7. The molecule has 0 aliphatic carbocycles. The first-order chi connectivity index (χ1) is 26.1. The number of unbranched alkanes of at least 4 members (excludes halogenated alkanes) is 16. The lowest BCUT2D eigenvalue weighted by molar-refractivity contribution is -0.889. The van der Waals surface area contributed by atoms with Crippen molar-refractivity contribution >= 4 is 17.9 Å². The lowest BCUT2D eigenvalue weighted by Crippen LogP contribution is -2.55. The van der Waals surface area contributed by atoms with Crippen molar-refractivity contribution in [2.24, 2.45) is 0 Å². The molecule has 0 fully saturated rings. The summed E-state index contributed by atoms with van der Waals surface area (Å²) in [5.41, 5.74) is 0. The number of carboxylic acid groups (broad SMARTS) is 1. The number of carbonyl (C=O) groups excluding carboxylic acids is 3. The van der Waals surface area contributed by atoms with Crippen molar-refractivity contribution in [3.8, 4) is 0 Å². The zero-order chi connectivity index (χ0) is 40.0. The Morgan fingerprint density at radius 2 is 1.04 bits per heavy atom. The fraction of sp³-hybridized carbons (Fsp3) is 0.761. The minimum atomic E-state index is -1.13. The maximum absolute atomic E-state index is 12.6. The fourth-order valence-electron chi connectivity index (χ4n) is 6.07. The van der Waals surface area contributed by atoms with E-state index in [1.54, 1.807) is 21.1 Å². The Labute approximate surface area is 331 Å². The molecule has 2 unspecified atom stereocenters. The van der Waals surface area contributed by atoms with Gasteiger partial charge in [0.1, 0.15) is 12.6 Å². The second kappa shape index (κ2) is 37.2. The van der Waals surface area contributed by atoms with Gasteiger partial charge >= 0.3 is 11.9 Å². The van der Waals surface area contributed by atoms with Crippen molar-refractivity contribution in [1.82, 2.24) is 0 Å². The quantitative estimate of drug-likeness (QED) is 0.0267. The minimum absolute atomic E-state index is 0.0345. The lowest BCUT2D eigenvalue weighted by Gasteiger charge is -2.34. The molecule has 0 saturated carbocycles. The number of carbonyl (C=O) groups is 3. The molecule has 0 aromatic carbocycles. The average Bonchev–Trinajstić information content (AvgIpc) is 3.12. The van der Waals surface area contributed by atoms with E-state index in [-0.39, 0.29) is 42.7 Å². The van der Waals surface area contributed by atoms with Crippen LogP contribution < -0.4 is 5.11 Å². The Kier molecular flexibility index (Phi) is 35.4. The molecule has 0 N–H and O–H groups in total. The van der Waals surface area contributed by atoms with Crippen molar-refractivity contribution in [3.05, 3.63) is 48.6 Å². The summed E-state index contributed by atoms with van der Waals surface area (Å²) >= 11 is 0. The zero-order valence-electron chi connectivity index (χ0n) is 35.4. The standard InChI is InChI=1S/C46H81NO7/c1-6-8-10-12-14-16-18-19-20-21-22-23-24-25-26-27-29-30-32-34-36-44(48)53-41-42(40-52-39-38-43(46(50)51)47(3,4)5)54-45(49)37-35-33-31-28-17-15-13-11-9-7-2/h8,10,13-16,19-20,42-43H,6-7,9,11-12,17-18,21-41H2,1-5H3/b10-8+,15-13+,16-14+,20-19+. The van der Waals surface area contributed by atoms with Gasteiger partial charge in [0.2, 0.25) is 0 Å². The van der Waals surface area contributed by atoms with E-state index in [4.69, 9.17) is 14.2 Å². The summed E-state index contributed by atoms with van der Waals surface area (Å²) in [5, 5.41) is 11.6. The smallest absolute Gasteiger partial charge is 0.306 e. The Balaban J connectivity index is 4.26. The highest BCUT2D eigenvalue weighted by Crippen LogP contribution is 2.14. The summed E-state index contributed by atoms with van der Waals surface area (Å²) in [5.74, 6) is -1.76. The van der Waals surface area contributed by atoms with Gasteiger partial charge in [-0.2, -0.15) is 0 Å². The molecule has 8 heteroatoms. The van der Waals surface area contributed by atoms with Crippen molar-refractivity contribution in [2.75, 3.05) is 41.0 Å². The first-order valence-corrected chi connectivity index (χ1v) is 21.7. The van der Waals surface area contributed by atoms with E-state index in [1.165, 1.54) is 64.2 Å². The van der Waals surface area contributed by atoms with E-state index in [1.807, 2.05) is 0 Å². The number of rotatable bonds is 38.